The molecule has 0 radical (unpaired) electrons. The number of hydrogen-bond acceptors (Lipinski definition) is 2. The van der Waals surface area contributed by atoms with E-state index < -0.39 is 11.8 Å². The molecule has 4 heteroatoms. The first-order valence-corrected chi connectivity index (χ1v) is 6.87. The molecule has 3 rings (SSSR count). The Morgan fingerprint density at radius 1 is 1.14 bits per heavy atom. The number of aromatic nitrogens is 1. The summed E-state index contributed by atoms with van der Waals surface area (Å²) in [5.74, 6) is -1.61. The second-order valence-electron chi connectivity index (χ2n) is 5.31. The van der Waals surface area contributed by atoms with Gasteiger partial charge >= 0.3 is 5.97 Å². The lowest BCUT2D eigenvalue weighted by Crippen LogP contribution is -2.02. The van der Waals surface area contributed by atoms with Gasteiger partial charge in [-0.25, -0.2) is 14.2 Å². The van der Waals surface area contributed by atoms with Gasteiger partial charge in [-0.05, 0) is 37.6 Å². The Hall–Kier alpha value is -2.75. The molecule has 110 valence electrons. The molecular weight excluding hydrogens is 281 g/mol. The lowest BCUT2D eigenvalue weighted by Gasteiger charge is -2.10. The molecule has 0 aliphatic rings. The van der Waals surface area contributed by atoms with Gasteiger partial charge in [0.1, 0.15) is 11.3 Å². The van der Waals surface area contributed by atoms with Crippen LogP contribution < -0.4 is 0 Å². The van der Waals surface area contributed by atoms with Gasteiger partial charge in [-0.2, -0.15) is 0 Å². The molecule has 0 atom stereocenters. The van der Waals surface area contributed by atoms with Crippen LogP contribution in [0.3, 0.4) is 0 Å². The zero-order valence-corrected chi connectivity index (χ0v) is 12.2. The van der Waals surface area contributed by atoms with Crippen molar-refractivity contribution >= 4 is 16.9 Å². The molecule has 0 saturated heterocycles. The fourth-order valence-electron chi connectivity index (χ4n) is 2.54. The van der Waals surface area contributed by atoms with Crippen LogP contribution in [0.1, 0.15) is 21.5 Å². The normalized spacial score (nSPS) is 10.9. The minimum Gasteiger partial charge on any atom is -0.478 e. The summed E-state index contributed by atoms with van der Waals surface area (Å²) in [6.45, 7) is 3.87. The molecule has 3 nitrogen and oxygen atoms in total. The van der Waals surface area contributed by atoms with E-state index in [2.05, 4.69) is 4.98 Å². The summed E-state index contributed by atoms with van der Waals surface area (Å²) in [5.41, 5.74) is 3.42. The Morgan fingerprint density at radius 3 is 2.64 bits per heavy atom. The molecule has 1 heterocycles. The van der Waals surface area contributed by atoms with Crippen molar-refractivity contribution in [3.05, 3.63) is 65.0 Å². The summed E-state index contributed by atoms with van der Waals surface area (Å²) < 4.78 is 14.0. The third-order valence-corrected chi connectivity index (χ3v) is 3.69. The van der Waals surface area contributed by atoms with Gasteiger partial charge in [-0.1, -0.05) is 29.8 Å². The SMILES string of the molecule is Cc1ccc(C)c(-c2cc(C(=O)O)c3cccc(F)c3n2)c1. The number of aryl methyl sites for hydroxylation is 2. The first-order valence-electron chi connectivity index (χ1n) is 6.87. The van der Waals surface area contributed by atoms with E-state index >= 15 is 0 Å². The van der Waals surface area contributed by atoms with E-state index in [4.69, 9.17) is 0 Å². The average molecular weight is 295 g/mol. The molecular formula is C18H14FNO2. The van der Waals surface area contributed by atoms with Gasteiger partial charge in [0.25, 0.3) is 0 Å². The van der Waals surface area contributed by atoms with Crippen molar-refractivity contribution in [3.63, 3.8) is 0 Å². The van der Waals surface area contributed by atoms with Crippen LogP contribution in [0, 0.1) is 19.7 Å². The van der Waals surface area contributed by atoms with E-state index in [0.717, 1.165) is 16.7 Å². The fourth-order valence-corrected chi connectivity index (χ4v) is 2.54. The monoisotopic (exact) mass is 295 g/mol. The van der Waals surface area contributed by atoms with E-state index in [0.29, 0.717) is 11.1 Å². The Labute approximate surface area is 127 Å². The zero-order valence-electron chi connectivity index (χ0n) is 12.2. The molecule has 0 unspecified atom stereocenters. The lowest BCUT2D eigenvalue weighted by molar-refractivity contribution is 0.0699. The fraction of sp³-hybridized carbons (Fsp3) is 0.111. The lowest BCUT2D eigenvalue weighted by atomic mass is 9.99. The minimum absolute atomic E-state index is 0.0559. The van der Waals surface area contributed by atoms with Crippen LogP contribution >= 0.6 is 0 Å². The maximum absolute atomic E-state index is 14.0. The topological polar surface area (TPSA) is 50.2 Å². The Kier molecular flexibility index (Phi) is 3.37. The van der Waals surface area contributed by atoms with Crippen molar-refractivity contribution in [1.82, 2.24) is 4.98 Å². The number of carbonyl (C=O) groups is 1. The highest BCUT2D eigenvalue weighted by Crippen LogP contribution is 2.28. The van der Waals surface area contributed by atoms with Crippen LogP contribution in [-0.2, 0) is 0 Å². The molecule has 1 aromatic heterocycles. The van der Waals surface area contributed by atoms with Crippen LogP contribution in [0.15, 0.2) is 42.5 Å². The van der Waals surface area contributed by atoms with Gasteiger partial charge in [-0.15, -0.1) is 0 Å². The van der Waals surface area contributed by atoms with E-state index in [1.54, 1.807) is 6.07 Å². The second kappa shape index (κ2) is 5.22. The standard InChI is InChI=1S/C18H14FNO2/c1-10-6-7-11(2)13(8-10)16-9-14(18(21)22)12-4-3-5-15(19)17(12)20-16/h3-9H,1-2H3,(H,21,22). The van der Waals surface area contributed by atoms with Crippen molar-refractivity contribution in [2.24, 2.45) is 0 Å². The van der Waals surface area contributed by atoms with Crippen LogP contribution in [-0.4, -0.2) is 16.1 Å². The molecule has 0 aliphatic carbocycles. The van der Waals surface area contributed by atoms with Gasteiger partial charge in [0.15, 0.2) is 0 Å². The van der Waals surface area contributed by atoms with Crippen molar-refractivity contribution in [3.8, 4) is 11.3 Å². The smallest absolute Gasteiger partial charge is 0.336 e. The van der Waals surface area contributed by atoms with Crippen molar-refractivity contribution in [2.45, 2.75) is 13.8 Å². The number of nitrogens with zero attached hydrogens (tertiary/aromatic N) is 1. The molecule has 2 aromatic carbocycles. The molecule has 1 N–H and O–H groups in total. The molecule has 0 aliphatic heterocycles. The average Bonchev–Trinajstić information content (AvgIpc) is 2.49. The zero-order chi connectivity index (χ0) is 15.9. The summed E-state index contributed by atoms with van der Waals surface area (Å²) in [4.78, 5) is 15.9. The van der Waals surface area contributed by atoms with Crippen molar-refractivity contribution in [1.29, 1.82) is 0 Å². The second-order valence-corrected chi connectivity index (χ2v) is 5.31. The number of aromatic carboxylic acids is 1. The quantitative estimate of drug-likeness (QED) is 0.764. The number of fused-ring (bicyclic) bond motifs is 1. The number of para-hydroxylation sites is 1. The van der Waals surface area contributed by atoms with E-state index in [-0.39, 0.29) is 11.1 Å². The maximum atomic E-state index is 14.0. The van der Waals surface area contributed by atoms with E-state index in [1.807, 2.05) is 32.0 Å². The van der Waals surface area contributed by atoms with Crippen LogP contribution in [0.5, 0.6) is 0 Å². The Bertz CT molecular complexity index is 903. The van der Waals surface area contributed by atoms with Gasteiger partial charge < -0.3 is 5.11 Å². The highest BCUT2D eigenvalue weighted by Gasteiger charge is 2.16. The Balaban J connectivity index is 2.38. The molecule has 0 saturated carbocycles. The van der Waals surface area contributed by atoms with Crippen molar-refractivity contribution in [2.75, 3.05) is 0 Å². The number of carboxylic acid groups (broad SMARTS) is 1. The molecule has 22 heavy (non-hydrogen) atoms. The first kappa shape index (κ1) is 14.2. The van der Waals surface area contributed by atoms with Crippen molar-refractivity contribution < 1.29 is 14.3 Å². The predicted molar refractivity (Wildman–Crippen MR) is 83.6 cm³/mol. The first-order chi connectivity index (χ1) is 10.5. The van der Waals surface area contributed by atoms with Gasteiger partial charge in [-0.3, -0.25) is 0 Å². The molecule has 3 aromatic rings. The summed E-state index contributed by atoms with van der Waals surface area (Å²) in [6.07, 6.45) is 0. The molecule has 0 spiro atoms. The highest BCUT2D eigenvalue weighted by molar-refractivity contribution is 6.04. The number of hydrogen-bond donors (Lipinski definition) is 1. The predicted octanol–water partition coefficient (Wildman–Crippen LogP) is 4.36. The van der Waals surface area contributed by atoms with E-state index in [9.17, 15) is 14.3 Å². The van der Waals surface area contributed by atoms with Crippen LogP contribution in [0.4, 0.5) is 4.39 Å². The highest BCUT2D eigenvalue weighted by atomic mass is 19.1. The van der Waals surface area contributed by atoms with Crippen LogP contribution in [0.2, 0.25) is 0 Å². The Morgan fingerprint density at radius 2 is 1.91 bits per heavy atom. The summed E-state index contributed by atoms with van der Waals surface area (Å²) in [7, 11) is 0. The number of halogens is 1. The number of rotatable bonds is 2. The molecule has 0 fully saturated rings. The number of benzene rings is 2. The summed E-state index contributed by atoms with van der Waals surface area (Å²) in [6, 6.07) is 11.7. The molecule has 0 bridgehead atoms. The third kappa shape index (κ3) is 2.33. The maximum Gasteiger partial charge on any atom is 0.336 e. The van der Waals surface area contributed by atoms with Gasteiger partial charge in [0, 0.05) is 10.9 Å². The third-order valence-electron chi connectivity index (χ3n) is 3.69. The molecule has 0 amide bonds. The largest absolute Gasteiger partial charge is 0.478 e. The van der Waals surface area contributed by atoms with Gasteiger partial charge in [0.2, 0.25) is 0 Å². The number of carboxylic acids is 1. The van der Waals surface area contributed by atoms with E-state index in [1.165, 1.54) is 18.2 Å². The van der Waals surface area contributed by atoms with Gasteiger partial charge in [0.05, 0.1) is 11.3 Å². The summed E-state index contributed by atoms with van der Waals surface area (Å²) >= 11 is 0. The summed E-state index contributed by atoms with van der Waals surface area (Å²) in [5, 5.41) is 9.73. The van der Waals surface area contributed by atoms with Crippen LogP contribution in [0.25, 0.3) is 22.2 Å². The number of pyridine rings is 1. The minimum atomic E-state index is -1.09.